The van der Waals surface area contributed by atoms with E-state index in [1.165, 1.54) is 0 Å². The fourth-order valence-corrected chi connectivity index (χ4v) is 3.65. The van der Waals surface area contributed by atoms with Crippen molar-refractivity contribution in [2.24, 2.45) is 0 Å². The highest BCUT2D eigenvalue weighted by molar-refractivity contribution is 5.99. The molecule has 5 rings (SSSR count). The van der Waals surface area contributed by atoms with E-state index in [0.29, 0.717) is 47.6 Å². The van der Waals surface area contributed by atoms with Gasteiger partial charge in [-0.25, -0.2) is 0 Å². The first-order valence-corrected chi connectivity index (χ1v) is 11.2. The van der Waals surface area contributed by atoms with E-state index in [9.17, 15) is 4.79 Å². The Bertz CT molecular complexity index is 1320. The van der Waals surface area contributed by atoms with Gasteiger partial charge in [0.1, 0.15) is 5.75 Å². The summed E-state index contributed by atoms with van der Waals surface area (Å²) in [6.45, 7) is 3.39. The van der Waals surface area contributed by atoms with Crippen LogP contribution in [0.15, 0.2) is 71.3 Å². The maximum Gasteiger partial charge on any atom is 0.253 e. The first-order chi connectivity index (χ1) is 17.2. The number of amides is 1. The average Bonchev–Trinajstić information content (AvgIpc) is 3.56. The van der Waals surface area contributed by atoms with Crippen molar-refractivity contribution in [3.63, 3.8) is 0 Å². The van der Waals surface area contributed by atoms with Crippen LogP contribution in [0.2, 0.25) is 0 Å². The van der Waals surface area contributed by atoms with Gasteiger partial charge in [0.15, 0.2) is 11.5 Å². The standard InChI is InChI=1S/C26H24N4O5/c1-2-32-19-10-8-18(9-11-19)25-29-24(35-30-25)15-27-21-6-4-3-5-20(21)26(31)28-14-17-7-12-22-23(13-17)34-16-33-22/h3-13,27H,2,14-16H2,1H3,(H,28,31). The van der Waals surface area contributed by atoms with E-state index < -0.39 is 0 Å². The third kappa shape index (κ3) is 5.19. The van der Waals surface area contributed by atoms with Crippen LogP contribution in [-0.2, 0) is 13.1 Å². The van der Waals surface area contributed by atoms with E-state index in [4.69, 9.17) is 18.7 Å². The minimum atomic E-state index is -0.202. The summed E-state index contributed by atoms with van der Waals surface area (Å²) in [4.78, 5) is 17.3. The molecule has 3 aromatic carbocycles. The van der Waals surface area contributed by atoms with Crippen molar-refractivity contribution in [3.05, 3.63) is 83.7 Å². The van der Waals surface area contributed by atoms with Crippen LogP contribution < -0.4 is 24.8 Å². The molecule has 9 nitrogen and oxygen atoms in total. The molecule has 4 aromatic rings. The molecule has 0 saturated carbocycles. The van der Waals surface area contributed by atoms with Gasteiger partial charge in [-0.2, -0.15) is 4.98 Å². The molecule has 1 aromatic heterocycles. The summed E-state index contributed by atoms with van der Waals surface area (Å²) in [5, 5.41) is 10.2. The number of ether oxygens (including phenoxy) is 3. The molecule has 0 bridgehead atoms. The third-order valence-electron chi connectivity index (χ3n) is 5.38. The van der Waals surface area contributed by atoms with Gasteiger partial charge >= 0.3 is 0 Å². The highest BCUT2D eigenvalue weighted by atomic mass is 16.7. The van der Waals surface area contributed by atoms with E-state index in [1.807, 2.05) is 67.6 Å². The molecule has 1 aliphatic heterocycles. The molecule has 0 atom stereocenters. The fourth-order valence-electron chi connectivity index (χ4n) is 3.65. The molecule has 9 heteroatoms. The number of rotatable bonds is 9. The van der Waals surface area contributed by atoms with Gasteiger partial charge in [0.2, 0.25) is 18.5 Å². The van der Waals surface area contributed by atoms with Gasteiger partial charge in [0, 0.05) is 17.8 Å². The van der Waals surface area contributed by atoms with Crippen molar-refractivity contribution in [3.8, 4) is 28.6 Å². The van der Waals surface area contributed by atoms with Crippen LogP contribution in [-0.4, -0.2) is 29.4 Å². The third-order valence-corrected chi connectivity index (χ3v) is 5.38. The van der Waals surface area contributed by atoms with Crippen molar-refractivity contribution < 1.29 is 23.5 Å². The number of nitrogens with zero attached hydrogens (tertiary/aromatic N) is 2. The Kier molecular flexibility index (Phi) is 6.47. The van der Waals surface area contributed by atoms with Crippen LogP contribution in [0, 0.1) is 0 Å². The van der Waals surface area contributed by atoms with Gasteiger partial charge in [-0.3, -0.25) is 4.79 Å². The summed E-state index contributed by atoms with van der Waals surface area (Å²) >= 11 is 0. The van der Waals surface area contributed by atoms with Crippen LogP contribution in [0.1, 0.15) is 28.7 Å². The molecule has 35 heavy (non-hydrogen) atoms. The smallest absolute Gasteiger partial charge is 0.253 e. The molecule has 0 spiro atoms. The number of fused-ring (bicyclic) bond motifs is 1. The fraction of sp³-hybridized carbons (Fsp3) is 0.192. The number of para-hydroxylation sites is 1. The molecule has 2 N–H and O–H groups in total. The zero-order chi connectivity index (χ0) is 24.0. The minimum absolute atomic E-state index is 0.202. The summed E-state index contributed by atoms with van der Waals surface area (Å²) < 4.78 is 21.6. The number of hydrogen-bond acceptors (Lipinski definition) is 8. The molecule has 1 aliphatic rings. The highest BCUT2D eigenvalue weighted by Crippen LogP contribution is 2.32. The van der Waals surface area contributed by atoms with Crippen molar-refractivity contribution >= 4 is 11.6 Å². The number of aromatic nitrogens is 2. The first-order valence-electron chi connectivity index (χ1n) is 11.2. The van der Waals surface area contributed by atoms with Crippen LogP contribution in [0.25, 0.3) is 11.4 Å². The van der Waals surface area contributed by atoms with Crippen LogP contribution in [0.3, 0.4) is 0 Å². The predicted molar refractivity (Wildman–Crippen MR) is 128 cm³/mol. The Morgan fingerprint density at radius 2 is 1.83 bits per heavy atom. The Morgan fingerprint density at radius 3 is 2.69 bits per heavy atom. The van der Waals surface area contributed by atoms with Gasteiger partial charge in [-0.05, 0) is 61.0 Å². The van der Waals surface area contributed by atoms with Crippen molar-refractivity contribution in [1.29, 1.82) is 0 Å². The largest absolute Gasteiger partial charge is 0.494 e. The Morgan fingerprint density at radius 1 is 1.00 bits per heavy atom. The summed E-state index contributed by atoms with van der Waals surface area (Å²) in [6, 6.07) is 20.4. The lowest BCUT2D eigenvalue weighted by atomic mass is 10.1. The monoisotopic (exact) mass is 472 g/mol. The molecule has 0 radical (unpaired) electrons. The Labute approximate surface area is 202 Å². The van der Waals surface area contributed by atoms with Gasteiger partial charge in [0.05, 0.1) is 18.7 Å². The SMILES string of the molecule is CCOc1ccc(-c2noc(CNc3ccccc3C(=O)NCc3ccc4c(c3)OCO4)n2)cc1. The maximum atomic E-state index is 12.9. The van der Waals surface area contributed by atoms with Gasteiger partial charge in [-0.15, -0.1) is 0 Å². The zero-order valence-electron chi connectivity index (χ0n) is 19.1. The van der Waals surface area contributed by atoms with Gasteiger partial charge in [0.25, 0.3) is 5.91 Å². The molecule has 0 aliphatic carbocycles. The number of nitrogens with one attached hydrogen (secondary N) is 2. The second-order valence-electron chi connectivity index (χ2n) is 7.74. The molecular weight excluding hydrogens is 448 g/mol. The quantitative estimate of drug-likeness (QED) is 0.369. The first kappa shape index (κ1) is 22.3. The topological polar surface area (TPSA) is 108 Å². The van der Waals surface area contributed by atoms with E-state index >= 15 is 0 Å². The number of benzene rings is 3. The molecular formula is C26H24N4O5. The van der Waals surface area contributed by atoms with E-state index in [-0.39, 0.29) is 19.2 Å². The van der Waals surface area contributed by atoms with E-state index in [2.05, 4.69) is 20.8 Å². The number of carbonyl (C=O) groups excluding carboxylic acids is 1. The molecule has 2 heterocycles. The Balaban J connectivity index is 1.20. The number of hydrogen-bond donors (Lipinski definition) is 2. The van der Waals surface area contributed by atoms with E-state index in [1.54, 1.807) is 6.07 Å². The minimum Gasteiger partial charge on any atom is -0.494 e. The van der Waals surface area contributed by atoms with Crippen molar-refractivity contribution in [2.45, 2.75) is 20.0 Å². The zero-order valence-corrected chi connectivity index (χ0v) is 19.1. The second kappa shape index (κ2) is 10.2. The van der Waals surface area contributed by atoms with Crippen LogP contribution >= 0.6 is 0 Å². The Hall–Kier alpha value is -4.53. The summed E-state index contributed by atoms with van der Waals surface area (Å²) in [6.07, 6.45) is 0. The summed E-state index contributed by atoms with van der Waals surface area (Å²) in [5.41, 5.74) is 2.92. The van der Waals surface area contributed by atoms with Crippen molar-refractivity contribution in [1.82, 2.24) is 15.5 Å². The molecule has 0 saturated heterocycles. The lowest BCUT2D eigenvalue weighted by molar-refractivity contribution is 0.0951. The molecule has 0 fully saturated rings. The van der Waals surface area contributed by atoms with Crippen LogP contribution in [0.4, 0.5) is 5.69 Å². The van der Waals surface area contributed by atoms with Crippen molar-refractivity contribution in [2.75, 3.05) is 18.7 Å². The lowest BCUT2D eigenvalue weighted by Gasteiger charge is -2.11. The van der Waals surface area contributed by atoms with E-state index in [0.717, 1.165) is 16.9 Å². The highest BCUT2D eigenvalue weighted by Gasteiger charge is 2.15. The summed E-state index contributed by atoms with van der Waals surface area (Å²) in [5.74, 6) is 2.87. The molecule has 1 amide bonds. The second-order valence-corrected chi connectivity index (χ2v) is 7.74. The van der Waals surface area contributed by atoms with Crippen LogP contribution in [0.5, 0.6) is 17.2 Å². The predicted octanol–water partition coefficient (Wildman–Crippen LogP) is 4.41. The average molecular weight is 473 g/mol. The lowest BCUT2D eigenvalue weighted by Crippen LogP contribution is -2.24. The number of anilines is 1. The van der Waals surface area contributed by atoms with Gasteiger partial charge in [-0.1, -0.05) is 23.4 Å². The van der Waals surface area contributed by atoms with Gasteiger partial charge < -0.3 is 29.4 Å². The molecule has 0 unspecified atom stereocenters. The summed E-state index contributed by atoms with van der Waals surface area (Å²) in [7, 11) is 0. The number of carbonyl (C=O) groups is 1. The molecule has 178 valence electrons. The maximum absolute atomic E-state index is 12.9. The normalized spacial score (nSPS) is 11.8.